The van der Waals surface area contributed by atoms with Gasteiger partial charge in [0.2, 0.25) is 0 Å². The first-order chi connectivity index (χ1) is 7.27. The minimum atomic E-state index is 0.0203. The zero-order valence-electron chi connectivity index (χ0n) is 8.79. The summed E-state index contributed by atoms with van der Waals surface area (Å²) in [4.78, 5) is 15.7. The molecule has 3 nitrogen and oxygen atoms in total. The topological polar surface area (TPSA) is 41.5 Å². The van der Waals surface area contributed by atoms with Crippen LogP contribution in [0.3, 0.4) is 0 Å². The zero-order valence-corrected chi connectivity index (χ0v) is 8.79. The number of ketones is 1. The molecule has 2 rings (SSSR count). The third-order valence-electron chi connectivity index (χ3n) is 2.50. The predicted molar refractivity (Wildman–Crippen MR) is 60.9 cm³/mol. The highest BCUT2D eigenvalue weighted by Gasteiger charge is 2.14. The van der Waals surface area contributed by atoms with Crippen LogP contribution in [0.2, 0.25) is 0 Å². The van der Waals surface area contributed by atoms with Crippen LogP contribution in [0.25, 0.3) is 0 Å². The second-order valence-electron chi connectivity index (χ2n) is 3.67. The van der Waals surface area contributed by atoms with Crippen LogP contribution in [-0.2, 0) is 4.79 Å². The monoisotopic (exact) mass is 202 g/mol. The first-order valence-electron chi connectivity index (χ1n) is 5.14. The Bertz CT molecular complexity index is 400. The fourth-order valence-electron chi connectivity index (χ4n) is 1.67. The van der Waals surface area contributed by atoms with Crippen molar-refractivity contribution in [3.63, 3.8) is 0 Å². The highest BCUT2D eigenvalue weighted by molar-refractivity contribution is 6.05. The van der Waals surface area contributed by atoms with Crippen LogP contribution in [0.1, 0.15) is 13.3 Å². The van der Waals surface area contributed by atoms with E-state index in [1.54, 1.807) is 13.0 Å². The van der Waals surface area contributed by atoms with Crippen molar-refractivity contribution < 1.29 is 4.79 Å². The molecule has 0 bridgehead atoms. The lowest BCUT2D eigenvalue weighted by atomic mass is 10.0. The van der Waals surface area contributed by atoms with Gasteiger partial charge in [-0.1, -0.05) is 18.2 Å². The van der Waals surface area contributed by atoms with Crippen molar-refractivity contribution in [2.24, 2.45) is 4.99 Å². The maximum absolute atomic E-state index is 11.3. The van der Waals surface area contributed by atoms with Crippen LogP contribution in [0, 0.1) is 0 Å². The molecule has 78 valence electrons. The Morgan fingerprint density at radius 1 is 1.40 bits per heavy atom. The van der Waals surface area contributed by atoms with Crippen molar-refractivity contribution in [3.05, 3.63) is 35.6 Å². The average Bonchev–Trinajstić information content (AvgIpc) is 2.18. The van der Waals surface area contributed by atoms with Gasteiger partial charge < -0.3 is 5.32 Å². The molecular formula is C12H14N2O. The Morgan fingerprint density at radius 2 is 2.20 bits per heavy atom. The van der Waals surface area contributed by atoms with E-state index < -0.39 is 0 Å². The fourth-order valence-corrected chi connectivity index (χ4v) is 1.67. The molecule has 2 aliphatic heterocycles. The Hall–Kier alpha value is -1.48. The number of rotatable bonds is 1. The maximum atomic E-state index is 11.3. The third-order valence-corrected chi connectivity index (χ3v) is 2.50. The number of aliphatic imine (C=N–C) groups is 1. The number of hydrogen-bond donors (Lipinski definition) is 1. The number of nitrogens with zero attached hydrogens (tertiary/aromatic N) is 1. The second-order valence-corrected chi connectivity index (χ2v) is 3.67. The van der Waals surface area contributed by atoms with Crippen molar-refractivity contribution in [1.29, 1.82) is 0 Å². The third kappa shape index (κ3) is 2.30. The van der Waals surface area contributed by atoms with E-state index in [4.69, 9.17) is 0 Å². The van der Waals surface area contributed by atoms with Crippen LogP contribution >= 0.6 is 0 Å². The van der Waals surface area contributed by atoms with Crippen molar-refractivity contribution in [3.8, 4) is 0 Å². The molecule has 0 unspecified atom stereocenters. The van der Waals surface area contributed by atoms with Crippen molar-refractivity contribution in [2.45, 2.75) is 13.3 Å². The molecule has 2 heterocycles. The summed E-state index contributed by atoms with van der Waals surface area (Å²) < 4.78 is 0. The van der Waals surface area contributed by atoms with Gasteiger partial charge in [-0.3, -0.25) is 4.79 Å². The molecule has 0 radical (unpaired) electrons. The second kappa shape index (κ2) is 4.36. The summed E-state index contributed by atoms with van der Waals surface area (Å²) in [5.74, 6) is 0.0203. The predicted octanol–water partition coefficient (Wildman–Crippen LogP) is 1.39. The van der Waals surface area contributed by atoms with Crippen LogP contribution in [0.4, 0.5) is 0 Å². The molecule has 0 aromatic carbocycles. The molecular weight excluding hydrogens is 188 g/mol. The number of allylic oxidation sites excluding steroid dienone is 5. The summed E-state index contributed by atoms with van der Waals surface area (Å²) in [5, 5.41) is 3.29. The van der Waals surface area contributed by atoms with Gasteiger partial charge in [0.25, 0.3) is 0 Å². The number of carbonyl (C=O) groups is 1. The summed E-state index contributed by atoms with van der Waals surface area (Å²) in [5.41, 5.74) is 2.78. The lowest BCUT2D eigenvalue weighted by molar-refractivity contribution is -0.113. The normalized spacial score (nSPS) is 33.0. The molecule has 0 spiro atoms. The standard InChI is InChI=1S/C12H14N2O/c1-9(15)11-5-3-2-4-10-8-13-7-6-12(10)14-11/h2-5,13H,6-8H2,1H3/b3-2+,4-2?,5-3?,10-4+,11-5-,14-11?,14-12-. The number of piperidine rings is 1. The van der Waals surface area contributed by atoms with Crippen LogP contribution in [0.15, 0.2) is 40.6 Å². The van der Waals surface area contributed by atoms with Gasteiger partial charge in [-0.05, 0) is 11.6 Å². The molecule has 0 amide bonds. The molecule has 0 aromatic rings. The highest BCUT2D eigenvalue weighted by Crippen LogP contribution is 2.13. The molecule has 1 fully saturated rings. The molecule has 0 saturated carbocycles. The van der Waals surface area contributed by atoms with Crippen LogP contribution in [-0.4, -0.2) is 24.6 Å². The lowest BCUT2D eigenvalue weighted by Gasteiger charge is -2.18. The Labute approximate surface area is 89.3 Å². The number of nitrogens with one attached hydrogen (secondary N) is 1. The van der Waals surface area contributed by atoms with E-state index in [-0.39, 0.29) is 5.78 Å². The molecule has 1 N–H and O–H groups in total. The van der Waals surface area contributed by atoms with E-state index in [0.29, 0.717) is 5.70 Å². The van der Waals surface area contributed by atoms with Crippen molar-refractivity contribution >= 4 is 11.5 Å². The van der Waals surface area contributed by atoms with Crippen LogP contribution in [0.5, 0.6) is 0 Å². The van der Waals surface area contributed by atoms with Gasteiger partial charge >= 0.3 is 0 Å². The molecule has 2 aliphatic rings. The summed E-state index contributed by atoms with van der Waals surface area (Å²) in [6.45, 7) is 3.33. The molecule has 1 saturated heterocycles. The smallest absolute Gasteiger partial charge is 0.178 e. The SMILES string of the molecule is CC(=O)C1=C/C=C/C=C2\CNCC\C2=N\1. The minimum absolute atomic E-state index is 0.0203. The molecule has 15 heavy (non-hydrogen) atoms. The van der Waals surface area contributed by atoms with Gasteiger partial charge in [-0.15, -0.1) is 0 Å². The zero-order chi connectivity index (χ0) is 10.7. The van der Waals surface area contributed by atoms with Gasteiger partial charge in [0.05, 0.1) is 0 Å². The van der Waals surface area contributed by atoms with Gasteiger partial charge in [0.1, 0.15) is 5.70 Å². The van der Waals surface area contributed by atoms with Gasteiger partial charge in [-0.25, -0.2) is 4.99 Å². The van der Waals surface area contributed by atoms with E-state index in [2.05, 4.69) is 16.4 Å². The lowest BCUT2D eigenvalue weighted by Crippen LogP contribution is -2.30. The summed E-state index contributed by atoms with van der Waals surface area (Å²) in [7, 11) is 0. The minimum Gasteiger partial charge on any atom is -0.312 e. The van der Waals surface area contributed by atoms with E-state index >= 15 is 0 Å². The Kier molecular flexibility index (Phi) is 2.92. The van der Waals surface area contributed by atoms with Gasteiger partial charge in [-0.2, -0.15) is 0 Å². The van der Waals surface area contributed by atoms with E-state index in [1.165, 1.54) is 5.57 Å². The Balaban J connectivity index is 2.36. The highest BCUT2D eigenvalue weighted by atomic mass is 16.1. The first-order valence-corrected chi connectivity index (χ1v) is 5.14. The number of carbonyl (C=O) groups excluding carboxylic acids is 1. The van der Waals surface area contributed by atoms with E-state index in [1.807, 2.05) is 12.2 Å². The number of hydrogen-bond acceptors (Lipinski definition) is 3. The Morgan fingerprint density at radius 3 is 3.00 bits per heavy atom. The number of Topliss-reactive ketones (excluding diaryl/α,β-unsaturated/α-hetero) is 1. The molecule has 0 atom stereocenters. The first kappa shape index (κ1) is 10.1. The summed E-state index contributed by atoms with van der Waals surface area (Å²) in [6.07, 6.45) is 8.53. The van der Waals surface area contributed by atoms with Gasteiger partial charge in [0.15, 0.2) is 5.78 Å². The van der Waals surface area contributed by atoms with Crippen LogP contribution < -0.4 is 5.32 Å². The maximum Gasteiger partial charge on any atom is 0.178 e. The summed E-state index contributed by atoms with van der Waals surface area (Å²) >= 11 is 0. The van der Waals surface area contributed by atoms with E-state index in [9.17, 15) is 4.79 Å². The van der Waals surface area contributed by atoms with Crippen molar-refractivity contribution in [2.75, 3.05) is 13.1 Å². The number of fused-ring (bicyclic) bond motifs is 1. The fraction of sp³-hybridized carbons (Fsp3) is 0.333. The van der Waals surface area contributed by atoms with Crippen molar-refractivity contribution in [1.82, 2.24) is 5.32 Å². The van der Waals surface area contributed by atoms with Gasteiger partial charge in [0, 0.05) is 32.1 Å². The molecule has 0 aromatic heterocycles. The average molecular weight is 202 g/mol. The largest absolute Gasteiger partial charge is 0.312 e. The molecule has 3 heteroatoms. The van der Waals surface area contributed by atoms with E-state index in [0.717, 1.165) is 25.2 Å². The summed E-state index contributed by atoms with van der Waals surface area (Å²) in [6, 6.07) is 0. The molecule has 0 aliphatic carbocycles. The quantitative estimate of drug-likeness (QED) is 0.698.